The van der Waals surface area contributed by atoms with Crippen LogP contribution in [0.2, 0.25) is 0 Å². The summed E-state index contributed by atoms with van der Waals surface area (Å²) < 4.78 is 6.22. The number of halogens is 1. The number of hydrogen-bond donors (Lipinski definition) is 1. The molecule has 0 aliphatic carbocycles. The fourth-order valence-electron chi connectivity index (χ4n) is 1.96. The molecular formula is C15H19BrN2OS. The molecule has 0 aliphatic rings. The van der Waals surface area contributed by atoms with Crippen LogP contribution >= 0.6 is 27.3 Å². The lowest BCUT2D eigenvalue weighted by Gasteiger charge is -2.04. The lowest BCUT2D eigenvalue weighted by Crippen LogP contribution is -2.11. The van der Waals surface area contributed by atoms with Crippen molar-refractivity contribution in [3.63, 3.8) is 0 Å². The molecule has 1 aromatic heterocycles. The van der Waals surface area contributed by atoms with Crippen molar-refractivity contribution < 1.29 is 4.74 Å². The van der Waals surface area contributed by atoms with Crippen molar-refractivity contribution in [2.24, 2.45) is 0 Å². The smallest absolute Gasteiger partial charge is 0.133 e. The van der Waals surface area contributed by atoms with Gasteiger partial charge in [-0.05, 0) is 47.1 Å². The number of nitrogens with one attached hydrogen (secondary N) is 1. The number of nitrogens with zero attached hydrogens (tertiary/aromatic N) is 1. The fraction of sp³-hybridized carbons (Fsp3) is 0.400. The molecule has 2 aromatic rings. The molecule has 5 heteroatoms. The number of methoxy groups -OCH3 is 1. The molecule has 2 rings (SSSR count). The number of hydrogen-bond acceptors (Lipinski definition) is 4. The highest BCUT2D eigenvalue weighted by molar-refractivity contribution is 9.10. The minimum absolute atomic E-state index is 0.842. The molecule has 1 heterocycles. The first kappa shape index (κ1) is 15.5. The summed E-state index contributed by atoms with van der Waals surface area (Å²) >= 11 is 5.29. The van der Waals surface area contributed by atoms with Crippen molar-refractivity contribution in [1.82, 2.24) is 10.3 Å². The van der Waals surface area contributed by atoms with E-state index in [-0.39, 0.29) is 0 Å². The van der Waals surface area contributed by atoms with E-state index in [1.807, 2.05) is 6.07 Å². The summed E-state index contributed by atoms with van der Waals surface area (Å²) in [6, 6.07) is 6.09. The van der Waals surface area contributed by atoms with E-state index in [4.69, 9.17) is 9.72 Å². The van der Waals surface area contributed by atoms with Crippen LogP contribution in [-0.4, -0.2) is 18.6 Å². The number of rotatable bonds is 6. The highest BCUT2D eigenvalue weighted by atomic mass is 79.9. The van der Waals surface area contributed by atoms with Gasteiger partial charge < -0.3 is 10.1 Å². The normalized spacial score (nSPS) is 10.8. The standard InChI is InChI=1S/C15H19BrN2OS/c1-4-12-14(9-17-5-2)20-15(18-12)10-6-7-13(19-3)11(16)8-10/h6-8,17H,4-5,9H2,1-3H3. The average Bonchev–Trinajstić information content (AvgIpc) is 2.88. The van der Waals surface area contributed by atoms with Gasteiger partial charge in [0.15, 0.2) is 0 Å². The van der Waals surface area contributed by atoms with Gasteiger partial charge in [-0.15, -0.1) is 11.3 Å². The van der Waals surface area contributed by atoms with Gasteiger partial charge in [-0.25, -0.2) is 4.98 Å². The van der Waals surface area contributed by atoms with Crippen molar-refractivity contribution in [3.05, 3.63) is 33.2 Å². The minimum atomic E-state index is 0.842. The second-order valence-electron chi connectivity index (χ2n) is 4.37. The summed E-state index contributed by atoms with van der Waals surface area (Å²) in [5.74, 6) is 0.842. The quantitative estimate of drug-likeness (QED) is 0.841. The molecule has 0 radical (unpaired) electrons. The van der Waals surface area contributed by atoms with E-state index < -0.39 is 0 Å². The highest BCUT2D eigenvalue weighted by Gasteiger charge is 2.12. The average molecular weight is 355 g/mol. The molecule has 0 spiro atoms. The Morgan fingerprint density at radius 3 is 2.75 bits per heavy atom. The number of benzene rings is 1. The molecule has 0 saturated heterocycles. The third-order valence-electron chi connectivity index (χ3n) is 3.05. The first-order chi connectivity index (χ1) is 9.69. The number of thiazole rings is 1. The van der Waals surface area contributed by atoms with Gasteiger partial charge in [0.1, 0.15) is 10.8 Å². The molecule has 0 saturated carbocycles. The summed E-state index contributed by atoms with van der Waals surface area (Å²) in [4.78, 5) is 6.10. The fourth-order valence-corrected chi connectivity index (χ4v) is 3.62. The Hall–Kier alpha value is -0.910. The minimum Gasteiger partial charge on any atom is -0.496 e. The van der Waals surface area contributed by atoms with Crippen LogP contribution in [0.15, 0.2) is 22.7 Å². The van der Waals surface area contributed by atoms with Crippen LogP contribution in [0.5, 0.6) is 5.75 Å². The Bertz CT molecular complexity index is 583. The molecule has 108 valence electrons. The lowest BCUT2D eigenvalue weighted by atomic mass is 10.2. The van der Waals surface area contributed by atoms with Crippen molar-refractivity contribution in [2.45, 2.75) is 26.8 Å². The summed E-state index contributed by atoms with van der Waals surface area (Å²) in [5.41, 5.74) is 2.32. The van der Waals surface area contributed by atoms with Gasteiger partial charge in [-0.2, -0.15) is 0 Å². The third-order valence-corrected chi connectivity index (χ3v) is 4.81. The van der Waals surface area contributed by atoms with Gasteiger partial charge in [-0.1, -0.05) is 13.8 Å². The third kappa shape index (κ3) is 3.40. The Morgan fingerprint density at radius 1 is 1.35 bits per heavy atom. The first-order valence-corrected chi connectivity index (χ1v) is 8.33. The Morgan fingerprint density at radius 2 is 2.15 bits per heavy atom. The zero-order valence-corrected chi connectivity index (χ0v) is 14.4. The molecule has 0 atom stereocenters. The van der Waals surface area contributed by atoms with E-state index in [1.165, 1.54) is 10.6 Å². The summed E-state index contributed by atoms with van der Waals surface area (Å²) in [5, 5.41) is 4.44. The molecule has 0 fully saturated rings. The van der Waals surface area contributed by atoms with Crippen LogP contribution in [0, 0.1) is 0 Å². The van der Waals surface area contributed by atoms with Gasteiger partial charge in [0.05, 0.1) is 17.3 Å². The predicted molar refractivity (Wildman–Crippen MR) is 88.6 cm³/mol. The molecule has 3 nitrogen and oxygen atoms in total. The van der Waals surface area contributed by atoms with Gasteiger partial charge in [0.25, 0.3) is 0 Å². The van der Waals surface area contributed by atoms with Crippen LogP contribution < -0.4 is 10.1 Å². The van der Waals surface area contributed by atoms with E-state index in [0.29, 0.717) is 0 Å². The number of aromatic nitrogens is 1. The highest BCUT2D eigenvalue weighted by Crippen LogP contribution is 2.33. The molecule has 0 bridgehead atoms. The predicted octanol–water partition coefficient (Wildman–Crippen LogP) is 4.25. The van der Waals surface area contributed by atoms with Crippen LogP contribution in [0.4, 0.5) is 0 Å². The monoisotopic (exact) mass is 354 g/mol. The number of aryl methyl sites for hydroxylation is 1. The Balaban J connectivity index is 2.32. The van der Waals surface area contributed by atoms with E-state index in [0.717, 1.165) is 40.3 Å². The molecule has 0 unspecified atom stereocenters. The maximum Gasteiger partial charge on any atom is 0.133 e. The maximum atomic E-state index is 5.27. The first-order valence-electron chi connectivity index (χ1n) is 6.72. The van der Waals surface area contributed by atoms with Crippen molar-refractivity contribution in [3.8, 4) is 16.3 Å². The van der Waals surface area contributed by atoms with Crippen molar-refractivity contribution in [2.75, 3.05) is 13.7 Å². The summed E-state index contributed by atoms with van der Waals surface area (Å²) in [7, 11) is 1.67. The van der Waals surface area contributed by atoms with Gasteiger partial charge in [-0.3, -0.25) is 0 Å². The van der Waals surface area contributed by atoms with Crippen LogP contribution in [-0.2, 0) is 13.0 Å². The van der Waals surface area contributed by atoms with Crippen molar-refractivity contribution in [1.29, 1.82) is 0 Å². The van der Waals surface area contributed by atoms with Crippen molar-refractivity contribution >= 4 is 27.3 Å². The zero-order valence-electron chi connectivity index (χ0n) is 12.0. The lowest BCUT2D eigenvalue weighted by molar-refractivity contribution is 0.412. The molecule has 1 aromatic carbocycles. The molecule has 20 heavy (non-hydrogen) atoms. The second kappa shape index (κ2) is 7.20. The van der Waals surface area contributed by atoms with Gasteiger partial charge >= 0.3 is 0 Å². The van der Waals surface area contributed by atoms with Gasteiger partial charge in [0.2, 0.25) is 0 Å². The van der Waals surface area contributed by atoms with Gasteiger partial charge in [0, 0.05) is 17.0 Å². The van der Waals surface area contributed by atoms with Crippen LogP contribution in [0.25, 0.3) is 10.6 Å². The maximum absolute atomic E-state index is 5.27. The molecule has 0 aliphatic heterocycles. The second-order valence-corrected chi connectivity index (χ2v) is 6.31. The molecule has 1 N–H and O–H groups in total. The molecule has 0 amide bonds. The zero-order chi connectivity index (χ0) is 14.5. The van der Waals surface area contributed by atoms with E-state index in [1.54, 1.807) is 18.4 Å². The van der Waals surface area contributed by atoms with E-state index >= 15 is 0 Å². The number of ether oxygens (including phenoxy) is 1. The van der Waals surface area contributed by atoms with E-state index in [9.17, 15) is 0 Å². The van der Waals surface area contributed by atoms with Crippen LogP contribution in [0.3, 0.4) is 0 Å². The SMILES string of the molecule is CCNCc1sc(-c2ccc(OC)c(Br)c2)nc1CC. The Labute approximate surface area is 132 Å². The molecular weight excluding hydrogens is 336 g/mol. The largest absolute Gasteiger partial charge is 0.496 e. The Kier molecular flexibility index (Phi) is 5.57. The summed E-state index contributed by atoms with van der Waals surface area (Å²) in [6.45, 7) is 6.14. The summed E-state index contributed by atoms with van der Waals surface area (Å²) in [6.07, 6.45) is 0.967. The topological polar surface area (TPSA) is 34.1 Å². The van der Waals surface area contributed by atoms with Crippen LogP contribution in [0.1, 0.15) is 24.4 Å². The van der Waals surface area contributed by atoms with E-state index in [2.05, 4.69) is 47.2 Å².